The molecular formula is C33H41FN8O. The van der Waals surface area contributed by atoms with Gasteiger partial charge in [-0.05, 0) is 87.6 Å². The van der Waals surface area contributed by atoms with Crippen molar-refractivity contribution in [2.24, 2.45) is 5.41 Å². The molecule has 4 aromatic rings. The summed E-state index contributed by atoms with van der Waals surface area (Å²) in [4.78, 5) is 32.0. The highest BCUT2D eigenvalue weighted by Gasteiger charge is 2.36. The molecule has 2 fully saturated rings. The number of hydrogen-bond donors (Lipinski definition) is 1. The van der Waals surface area contributed by atoms with Gasteiger partial charge in [0, 0.05) is 36.1 Å². The van der Waals surface area contributed by atoms with Crippen LogP contribution in [0.1, 0.15) is 52.1 Å². The molecule has 43 heavy (non-hydrogen) atoms. The second-order valence-corrected chi connectivity index (χ2v) is 13.1. The van der Waals surface area contributed by atoms with E-state index < -0.39 is 11.2 Å². The van der Waals surface area contributed by atoms with Crippen LogP contribution < -0.4 is 15.8 Å². The number of benzene rings is 1. The summed E-state index contributed by atoms with van der Waals surface area (Å²) in [5.41, 5.74) is 2.49. The predicted molar refractivity (Wildman–Crippen MR) is 170 cm³/mol. The third-order valence-electron chi connectivity index (χ3n) is 9.10. The smallest absolute Gasteiger partial charge is 0.278 e. The summed E-state index contributed by atoms with van der Waals surface area (Å²) in [5, 5.41) is 3.64. The number of nitrogens with one attached hydrogen (secondary N) is 1. The van der Waals surface area contributed by atoms with E-state index in [9.17, 15) is 9.18 Å². The lowest BCUT2D eigenvalue weighted by Gasteiger charge is -2.46. The molecule has 6 rings (SSSR count). The van der Waals surface area contributed by atoms with Crippen molar-refractivity contribution in [2.45, 2.75) is 58.4 Å². The van der Waals surface area contributed by atoms with Gasteiger partial charge in [0.1, 0.15) is 11.2 Å². The topological polar surface area (TPSA) is 84.1 Å². The molecule has 0 radical (unpaired) electrons. The first-order valence-corrected chi connectivity index (χ1v) is 15.1. The fourth-order valence-electron chi connectivity index (χ4n) is 6.40. The molecule has 0 saturated carbocycles. The molecule has 0 amide bonds. The minimum atomic E-state index is -0.525. The summed E-state index contributed by atoms with van der Waals surface area (Å²) in [7, 11) is 2.23. The van der Waals surface area contributed by atoms with Crippen molar-refractivity contribution in [2.75, 3.05) is 43.4 Å². The van der Waals surface area contributed by atoms with E-state index >= 15 is 0 Å². The van der Waals surface area contributed by atoms with Gasteiger partial charge >= 0.3 is 0 Å². The van der Waals surface area contributed by atoms with Crippen molar-refractivity contribution in [3.63, 3.8) is 0 Å². The number of rotatable bonds is 6. The molecule has 0 bridgehead atoms. The number of likely N-dealkylation sites (tertiary alicyclic amines) is 1. The predicted octanol–water partition coefficient (Wildman–Crippen LogP) is 5.66. The Morgan fingerprint density at radius 3 is 2.33 bits per heavy atom. The Hall–Kier alpha value is -4.05. The van der Waals surface area contributed by atoms with Crippen LogP contribution in [0.25, 0.3) is 16.9 Å². The fourth-order valence-corrected chi connectivity index (χ4v) is 6.40. The Kier molecular flexibility index (Phi) is 7.58. The highest BCUT2D eigenvalue weighted by atomic mass is 19.1. The van der Waals surface area contributed by atoms with E-state index in [1.54, 1.807) is 16.8 Å². The van der Waals surface area contributed by atoms with Crippen molar-refractivity contribution in [3.8, 4) is 5.82 Å². The first-order chi connectivity index (χ1) is 20.6. The average molecular weight is 585 g/mol. The van der Waals surface area contributed by atoms with E-state index in [0.717, 1.165) is 18.8 Å². The number of anilines is 3. The summed E-state index contributed by atoms with van der Waals surface area (Å²) in [6.07, 6.45) is 8.28. The third kappa shape index (κ3) is 5.68. The van der Waals surface area contributed by atoms with Crippen LogP contribution in [0.3, 0.4) is 0 Å². The van der Waals surface area contributed by atoms with Crippen LogP contribution >= 0.6 is 0 Å². The van der Waals surface area contributed by atoms with Crippen molar-refractivity contribution in [1.29, 1.82) is 0 Å². The minimum absolute atomic E-state index is 0.234. The van der Waals surface area contributed by atoms with Gasteiger partial charge < -0.3 is 15.1 Å². The van der Waals surface area contributed by atoms with E-state index in [0.29, 0.717) is 33.9 Å². The second kappa shape index (κ2) is 11.2. The van der Waals surface area contributed by atoms with Crippen molar-refractivity contribution >= 4 is 28.4 Å². The number of halogens is 1. The quantitative estimate of drug-likeness (QED) is 0.293. The maximum absolute atomic E-state index is 14.7. The zero-order chi connectivity index (χ0) is 30.4. The van der Waals surface area contributed by atoms with Crippen molar-refractivity contribution in [3.05, 3.63) is 77.1 Å². The SMILES string of the molecule is C=CCn1c(=O)c2cnc(Nc3ccc(N4CCC5(CCN(C)CC5)CC4)cc3)nc2n1-c1ccc(F)c(C(C)(C)C)n1. The van der Waals surface area contributed by atoms with E-state index in [2.05, 4.69) is 50.8 Å². The summed E-state index contributed by atoms with van der Waals surface area (Å²) < 4.78 is 17.8. The number of piperidine rings is 2. The molecule has 2 aliphatic rings. The zero-order valence-electron chi connectivity index (χ0n) is 25.6. The van der Waals surface area contributed by atoms with Crippen LogP contribution in [-0.2, 0) is 12.0 Å². The molecule has 3 aromatic heterocycles. The molecular weight excluding hydrogens is 543 g/mol. The van der Waals surface area contributed by atoms with Crippen molar-refractivity contribution < 1.29 is 4.39 Å². The maximum Gasteiger partial charge on any atom is 0.278 e. The molecule has 2 aliphatic heterocycles. The van der Waals surface area contributed by atoms with Crippen LogP contribution in [0.4, 0.5) is 21.7 Å². The highest BCUT2D eigenvalue weighted by molar-refractivity contribution is 5.77. The van der Waals surface area contributed by atoms with Gasteiger partial charge in [0.25, 0.3) is 5.56 Å². The second-order valence-electron chi connectivity index (χ2n) is 13.1. The number of nitrogens with zero attached hydrogens (tertiary/aromatic N) is 7. The van der Waals surface area contributed by atoms with Gasteiger partial charge in [0.2, 0.25) is 5.95 Å². The van der Waals surface area contributed by atoms with Gasteiger partial charge in [-0.1, -0.05) is 26.8 Å². The molecule has 9 nitrogen and oxygen atoms in total. The Balaban J connectivity index is 1.25. The molecule has 10 heteroatoms. The minimum Gasteiger partial charge on any atom is -0.371 e. The molecule has 1 aromatic carbocycles. The Labute approximate surface area is 252 Å². The Morgan fingerprint density at radius 2 is 1.67 bits per heavy atom. The molecule has 1 spiro atoms. The lowest BCUT2D eigenvalue weighted by Crippen LogP contribution is -2.46. The van der Waals surface area contributed by atoms with E-state index in [4.69, 9.17) is 4.98 Å². The lowest BCUT2D eigenvalue weighted by atomic mass is 9.71. The first kappa shape index (κ1) is 29.0. The molecule has 5 heterocycles. The zero-order valence-corrected chi connectivity index (χ0v) is 25.6. The molecule has 0 unspecified atom stereocenters. The molecule has 1 N–H and O–H groups in total. The van der Waals surface area contributed by atoms with Crippen LogP contribution in [0, 0.1) is 11.2 Å². The van der Waals surface area contributed by atoms with E-state index in [1.807, 2.05) is 32.9 Å². The summed E-state index contributed by atoms with van der Waals surface area (Å²) in [6.45, 7) is 14.3. The monoisotopic (exact) mass is 584 g/mol. The molecule has 0 atom stereocenters. The van der Waals surface area contributed by atoms with Gasteiger partial charge in [0.05, 0.1) is 12.2 Å². The number of fused-ring (bicyclic) bond motifs is 1. The van der Waals surface area contributed by atoms with E-state index in [-0.39, 0.29) is 12.1 Å². The van der Waals surface area contributed by atoms with Gasteiger partial charge in [-0.15, -0.1) is 6.58 Å². The summed E-state index contributed by atoms with van der Waals surface area (Å²) >= 11 is 0. The molecule has 2 saturated heterocycles. The highest BCUT2D eigenvalue weighted by Crippen LogP contribution is 2.42. The normalized spacial score (nSPS) is 17.5. The number of aromatic nitrogens is 5. The summed E-state index contributed by atoms with van der Waals surface area (Å²) in [6, 6.07) is 11.3. The van der Waals surface area contributed by atoms with E-state index in [1.165, 1.54) is 61.4 Å². The number of pyridine rings is 1. The first-order valence-electron chi connectivity index (χ1n) is 15.1. The number of allylic oxidation sites excluding steroid dienone is 1. The standard InChI is InChI=1S/C33H41FN8O/c1-6-17-41-30(43)25-22-35-31(38-29(25)42(41)27-12-11-26(34)28(37-27)32(2,3)4)36-23-7-9-24(10-8-23)40-20-15-33(16-21-40)13-18-39(5)19-14-33/h6-12,22H,1,13-21H2,2-5H3,(H,35,36,38). The Morgan fingerprint density at radius 1 is 1.00 bits per heavy atom. The average Bonchev–Trinajstić information content (AvgIpc) is 3.26. The van der Waals surface area contributed by atoms with Crippen LogP contribution in [0.15, 0.2) is 60.0 Å². The fraction of sp³-hybridized carbons (Fsp3) is 0.455. The number of hydrogen-bond acceptors (Lipinski definition) is 7. The van der Waals surface area contributed by atoms with Crippen molar-refractivity contribution in [1.82, 2.24) is 29.2 Å². The molecule has 0 aliphatic carbocycles. The summed E-state index contributed by atoms with van der Waals surface area (Å²) in [5.74, 6) is 0.361. The van der Waals surface area contributed by atoms with Gasteiger partial charge in [-0.3, -0.25) is 4.79 Å². The van der Waals surface area contributed by atoms with Crippen LogP contribution in [-0.4, -0.2) is 62.4 Å². The van der Waals surface area contributed by atoms with Gasteiger partial charge in [-0.25, -0.2) is 23.7 Å². The largest absolute Gasteiger partial charge is 0.371 e. The molecule has 226 valence electrons. The van der Waals surface area contributed by atoms with Gasteiger partial charge in [-0.2, -0.15) is 4.98 Å². The lowest BCUT2D eigenvalue weighted by molar-refractivity contribution is 0.0945. The Bertz CT molecular complexity index is 1680. The van der Waals surface area contributed by atoms with Crippen LogP contribution in [0.5, 0.6) is 0 Å². The third-order valence-corrected chi connectivity index (χ3v) is 9.10. The van der Waals surface area contributed by atoms with Gasteiger partial charge in [0.15, 0.2) is 11.5 Å². The maximum atomic E-state index is 14.7. The van der Waals surface area contributed by atoms with Crippen LogP contribution in [0.2, 0.25) is 0 Å².